The van der Waals surface area contributed by atoms with Gasteiger partial charge in [-0.05, 0) is 97.8 Å². The van der Waals surface area contributed by atoms with Crippen LogP contribution in [0.15, 0.2) is 33.6 Å². The Morgan fingerprint density at radius 2 is 1.78 bits per heavy atom. The van der Waals surface area contributed by atoms with E-state index in [1.165, 1.54) is 12.8 Å². The van der Waals surface area contributed by atoms with Crippen LogP contribution in [0.5, 0.6) is 0 Å². The minimum atomic E-state index is -1.35. The number of nitrogens with one attached hydrogen (secondary N) is 2. The van der Waals surface area contributed by atoms with Gasteiger partial charge < -0.3 is 15.8 Å². The molecule has 4 bridgehead atoms. The third-order valence-corrected chi connectivity index (χ3v) is 10.5. The van der Waals surface area contributed by atoms with Gasteiger partial charge in [-0.2, -0.15) is 0 Å². The molecule has 5 saturated carbocycles. The summed E-state index contributed by atoms with van der Waals surface area (Å²) in [6, 6.07) is 7.99. The molecule has 0 spiro atoms. The summed E-state index contributed by atoms with van der Waals surface area (Å²) in [4.78, 5) is 23.5. The molecule has 0 heterocycles. The van der Waals surface area contributed by atoms with E-state index in [2.05, 4.69) is 33.0 Å². The zero-order valence-corrected chi connectivity index (χ0v) is 21.1. The zero-order valence-electron chi connectivity index (χ0n) is 18.6. The predicted octanol–water partition coefficient (Wildman–Crippen LogP) is 3.46. The summed E-state index contributed by atoms with van der Waals surface area (Å²) in [6.45, 7) is 0. The van der Waals surface area contributed by atoms with Crippen LogP contribution >= 0.6 is 15.9 Å². The Kier molecular flexibility index (Phi) is 7.25. The Hall–Kier alpha value is -1.09. The van der Waals surface area contributed by atoms with Crippen molar-refractivity contribution in [2.24, 2.45) is 28.9 Å². The summed E-state index contributed by atoms with van der Waals surface area (Å²) in [6.07, 6.45) is 10.3. The first-order chi connectivity index (χ1) is 15.3. The van der Waals surface area contributed by atoms with E-state index in [0.29, 0.717) is 22.8 Å². The highest BCUT2D eigenvalue weighted by atomic mass is 79.9. The van der Waals surface area contributed by atoms with E-state index < -0.39 is 16.5 Å². The lowest BCUT2D eigenvalue weighted by Gasteiger charge is -2.58. The lowest BCUT2D eigenvalue weighted by molar-refractivity contribution is -0.145. The van der Waals surface area contributed by atoms with Crippen molar-refractivity contribution in [1.29, 1.82) is 0 Å². The van der Waals surface area contributed by atoms with Crippen molar-refractivity contribution < 1.29 is 13.8 Å². The maximum atomic E-state index is 12.2. The largest absolute Gasteiger partial charge is 0.369 e. The first kappa shape index (κ1) is 24.0. The molecule has 4 N–H and O–H groups in total. The maximum absolute atomic E-state index is 12.2. The molecule has 5 aliphatic carbocycles. The number of aldehydes is 1. The number of hydrogen-bond acceptors (Lipinski definition) is 4. The molecule has 1 aromatic carbocycles. The number of amides is 1. The van der Waals surface area contributed by atoms with Crippen LogP contribution < -0.4 is 15.8 Å². The van der Waals surface area contributed by atoms with Gasteiger partial charge in [0, 0.05) is 15.9 Å². The molecule has 6 nitrogen and oxygen atoms in total. The molecule has 8 heteroatoms. The molecular weight excluding hydrogens is 490 g/mol. The minimum Gasteiger partial charge on any atom is -0.369 e. The van der Waals surface area contributed by atoms with Gasteiger partial charge in [-0.1, -0.05) is 25.0 Å². The number of halogens is 1. The fourth-order valence-electron chi connectivity index (χ4n) is 6.88. The number of primary amides is 1. The molecule has 0 radical (unpaired) electrons. The summed E-state index contributed by atoms with van der Waals surface area (Å²) in [7, 11) is 0.707. The van der Waals surface area contributed by atoms with Gasteiger partial charge in [-0.25, -0.2) is 8.93 Å². The van der Waals surface area contributed by atoms with Crippen molar-refractivity contribution in [2.75, 3.05) is 7.05 Å². The Bertz CT molecular complexity index is 873. The molecular formula is C24H34BrN3O3S. The van der Waals surface area contributed by atoms with E-state index in [0.717, 1.165) is 61.6 Å². The lowest BCUT2D eigenvalue weighted by atomic mass is 9.47. The van der Waals surface area contributed by atoms with E-state index in [1.54, 1.807) is 6.07 Å². The molecule has 0 aromatic heterocycles. The Balaban J connectivity index is 0.000000154. The van der Waals surface area contributed by atoms with Gasteiger partial charge in [0.05, 0.1) is 10.4 Å². The number of nitrogens with two attached hydrogens (primary N) is 1. The van der Waals surface area contributed by atoms with Crippen molar-refractivity contribution in [3.05, 3.63) is 28.7 Å². The Labute approximate surface area is 201 Å². The predicted molar refractivity (Wildman–Crippen MR) is 129 cm³/mol. The van der Waals surface area contributed by atoms with Gasteiger partial charge >= 0.3 is 0 Å². The van der Waals surface area contributed by atoms with Gasteiger partial charge in [0.1, 0.15) is 17.3 Å². The van der Waals surface area contributed by atoms with Crippen molar-refractivity contribution in [3.8, 4) is 0 Å². The molecule has 0 aliphatic heterocycles. The van der Waals surface area contributed by atoms with Crippen molar-refractivity contribution >= 4 is 39.1 Å². The monoisotopic (exact) mass is 523 g/mol. The van der Waals surface area contributed by atoms with Crippen LogP contribution in [-0.2, 0) is 20.6 Å². The van der Waals surface area contributed by atoms with Crippen LogP contribution in [0.4, 0.5) is 0 Å². The highest BCUT2D eigenvalue weighted by molar-refractivity contribution is 9.10. The maximum Gasteiger partial charge on any atom is 0.223 e. The van der Waals surface area contributed by atoms with E-state index in [4.69, 9.17) is 5.73 Å². The van der Waals surface area contributed by atoms with E-state index in [9.17, 15) is 13.8 Å². The minimum absolute atomic E-state index is 0.0311. The van der Waals surface area contributed by atoms with Crippen molar-refractivity contribution in [3.63, 3.8) is 0 Å². The zero-order chi connectivity index (χ0) is 22.9. The van der Waals surface area contributed by atoms with E-state index in [-0.39, 0.29) is 11.3 Å². The molecule has 0 saturated heterocycles. The van der Waals surface area contributed by atoms with Gasteiger partial charge in [-0.15, -0.1) is 0 Å². The van der Waals surface area contributed by atoms with Crippen molar-refractivity contribution in [2.45, 2.75) is 74.3 Å². The summed E-state index contributed by atoms with van der Waals surface area (Å²) in [5.41, 5.74) is 4.90. The van der Waals surface area contributed by atoms with Gasteiger partial charge in [0.15, 0.2) is 0 Å². The fourth-order valence-corrected chi connectivity index (χ4v) is 8.79. The second-order valence-corrected chi connectivity index (χ2v) is 12.2. The number of rotatable bonds is 6. The van der Waals surface area contributed by atoms with E-state index in [1.807, 2.05) is 18.2 Å². The van der Waals surface area contributed by atoms with Gasteiger partial charge in [0.2, 0.25) is 5.91 Å². The van der Waals surface area contributed by atoms with Crippen LogP contribution in [-0.4, -0.2) is 35.0 Å². The molecule has 5 fully saturated rings. The lowest BCUT2D eigenvalue weighted by Crippen LogP contribution is -2.60. The van der Waals surface area contributed by atoms with Gasteiger partial charge in [0.25, 0.3) is 0 Å². The molecule has 3 atom stereocenters. The first-order valence-electron chi connectivity index (χ1n) is 11.7. The molecule has 1 aromatic rings. The molecule has 6 rings (SSSR count). The standard InChI is InChI=1S/C12H14BrNO2S.C12H20N2O/c13-10-5-1-2-6-11(10)17(16)14-12(9-15)7-3-4-8-12;1-14-10-8-2-7-3-9(10)6-12(4-7,5-8)11(13)15/h1-2,5-6,9,14H,3-4,7-8H2;7-10,14H,2-6H2,1H3,(H2,13,15). The number of carbonyl (C=O) groups excluding carboxylic acids is 2. The summed E-state index contributed by atoms with van der Waals surface area (Å²) < 4.78 is 16.0. The molecule has 32 heavy (non-hydrogen) atoms. The van der Waals surface area contributed by atoms with Crippen LogP contribution in [0.25, 0.3) is 0 Å². The molecule has 176 valence electrons. The van der Waals surface area contributed by atoms with Crippen LogP contribution in [0, 0.1) is 23.2 Å². The Morgan fingerprint density at radius 1 is 1.16 bits per heavy atom. The number of benzene rings is 1. The van der Waals surface area contributed by atoms with Crippen LogP contribution in [0.3, 0.4) is 0 Å². The third-order valence-electron chi connectivity index (χ3n) is 8.18. The molecule has 5 aliphatic rings. The van der Waals surface area contributed by atoms with Crippen molar-refractivity contribution in [1.82, 2.24) is 10.0 Å². The third kappa shape index (κ3) is 4.61. The van der Waals surface area contributed by atoms with Gasteiger partial charge in [-0.3, -0.25) is 4.79 Å². The average molecular weight is 525 g/mol. The molecule has 3 unspecified atom stereocenters. The van der Waals surface area contributed by atoms with E-state index >= 15 is 0 Å². The normalized spacial score (nSPS) is 35.1. The average Bonchev–Trinajstić information content (AvgIpc) is 3.23. The summed E-state index contributed by atoms with van der Waals surface area (Å²) in [5.74, 6) is 2.15. The quantitative estimate of drug-likeness (QED) is 0.496. The topological polar surface area (TPSA) is 101 Å². The highest BCUT2D eigenvalue weighted by Crippen LogP contribution is 2.59. The summed E-state index contributed by atoms with van der Waals surface area (Å²) in [5, 5.41) is 3.45. The second-order valence-electron chi connectivity index (χ2n) is 10.2. The SMILES string of the molecule is CNC1C2CC3CC1CC(C(N)=O)(C3)C2.O=CC1(NS(=O)c2ccccc2Br)CCCC1. The summed E-state index contributed by atoms with van der Waals surface area (Å²) >= 11 is 3.36. The first-order valence-corrected chi connectivity index (χ1v) is 13.6. The number of carbonyl (C=O) groups is 2. The smallest absolute Gasteiger partial charge is 0.223 e. The van der Waals surface area contributed by atoms with Crippen LogP contribution in [0.1, 0.15) is 57.8 Å². The molecule has 1 amide bonds. The fraction of sp³-hybridized carbons (Fsp3) is 0.667. The highest BCUT2D eigenvalue weighted by Gasteiger charge is 2.57. The Morgan fingerprint density at radius 3 is 2.31 bits per heavy atom. The van der Waals surface area contributed by atoms with Crippen LogP contribution in [0.2, 0.25) is 0 Å². The number of hydrogen-bond donors (Lipinski definition) is 3. The second kappa shape index (κ2) is 9.65.